The number of hydrogen-bond donors (Lipinski definition) is 1. The minimum absolute atomic E-state index is 0.281. The minimum Gasteiger partial charge on any atom is -0.389 e. The van der Waals surface area contributed by atoms with Gasteiger partial charge >= 0.3 is 0 Å². The Hall–Kier alpha value is -1.95. The second-order valence-electron chi connectivity index (χ2n) is 4.31. The predicted octanol–water partition coefficient (Wildman–Crippen LogP) is 2.27. The topological polar surface area (TPSA) is 47.1 Å². The molecule has 0 aliphatic carbocycles. The summed E-state index contributed by atoms with van der Waals surface area (Å²) in [6, 6.07) is 6.32. The Kier molecular flexibility index (Phi) is 3.53. The van der Waals surface area contributed by atoms with Crippen molar-refractivity contribution in [2.45, 2.75) is 6.92 Å². The van der Waals surface area contributed by atoms with Gasteiger partial charge in [0.2, 0.25) is 0 Å². The van der Waals surface area contributed by atoms with Crippen molar-refractivity contribution in [3.8, 4) is 0 Å². The molecule has 0 unspecified atom stereocenters. The van der Waals surface area contributed by atoms with E-state index in [0.717, 1.165) is 11.5 Å². The first-order chi connectivity index (χ1) is 8.91. The van der Waals surface area contributed by atoms with E-state index in [2.05, 4.69) is 5.10 Å². The van der Waals surface area contributed by atoms with Crippen LogP contribution in [0.1, 0.15) is 11.3 Å². The number of hydrogen-bond acceptors (Lipinski definition) is 3. The van der Waals surface area contributed by atoms with Crippen molar-refractivity contribution in [3.05, 3.63) is 41.3 Å². The normalized spacial score (nSPS) is 10.5. The third-order valence-corrected chi connectivity index (χ3v) is 3.16. The van der Waals surface area contributed by atoms with Crippen LogP contribution in [0.3, 0.4) is 0 Å². The average Bonchev–Trinajstić information content (AvgIpc) is 2.63. The van der Waals surface area contributed by atoms with Crippen molar-refractivity contribution in [3.63, 3.8) is 0 Å². The van der Waals surface area contributed by atoms with E-state index in [0.29, 0.717) is 11.3 Å². The van der Waals surface area contributed by atoms with Crippen molar-refractivity contribution < 1.29 is 4.39 Å². The molecule has 100 valence electrons. The molecule has 0 aliphatic rings. The van der Waals surface area contributed by atoms with E-state index in [-0.39, 0.29) is 10.8 Å². The molecule has 0 saturated heterocycles. The predicted molar refractivity (Wildman–Crippen MR) is 78.3 cm³/mol. The van der Waals surface area contributed by atoms with Crippen LogP contribution in [-0.2, 0) is 7.05 Å². The molecule has 2 N–H and O–H groups in total. The van der Waals surface area contributed by atoms with Crippen molar-refractivity contribution in [1.29, 1.82) is 0 Å². The van der Waals surface area contributed by atoms with Crippen LogP contribution in [0.15, 0.2) is 24.3 Å². The maximum Gasteiger partial charge on any atom is 0.141 e. The van der Waals surface area contributed by atoms with E-state index in [4.69, 9.17) is 18.0 Å². The Morgan fingerprint density at radius 2 is 2.16 bits per heavy atom. The fraction of sp³-hybridized carbons (Fsp3) is 0.231. The molecule has 0 fully saturated rings. The Bertz CT molecular complexity index is 636. The quantitative estimate of drug-likeness (QED) is 0.875. The molecule has 0 spiro atoms. The summed E-state index contributed by atoms with van der Waals surface area (Å²) in [5.41, 5.74) is 7.93. The fourth-order valence-corrected chi connectivity index (χ4v) is 2.37. The number of aromatic nitrogens is 2. The van der Waals surface area contributed by atoms with Gasteiger partial charge < -0.3 is 10.6 Å². The zero-order chi connectivity index (χ0) is 14.2. The number of thiocarbonyl (C=S) groups is 1. The first kappa shape index (κ1) is 13.5. The van der Waals surface area contributed by atoms with Gasteiger partial charge in [-0.15, -0.1) is 0 Å². The average molecular weight is 278 g/mol. The lowest BCUT2D eigenvalue weighted by Crippen LogP contribution is -2.19. The lowest BCUT2D eigenvalue weighted by atomic mass is 10.2. The van der Waals surface area contributed by atoms with Gasteiger partial charge in [0.15, 0.2) is 0 Å². The Labute approximate surface area is 116 Å². The number of nitrogens with zero attached hydrogens (tertiary/aromatic N) is 3. The maximum absolute atomic E-state index is 13.3. The third kappa shape index (κ3) is 2.44. The summed E-state index contributed by atoms with van der Waals surface area (Å²) in [4.78, 5) is 2.10. The lowest BCUT2D eigenvalue weighted by Gasteiger charge is -2.21. The van der Waals surface area contributed by atoms with Crippen LogP contribution in [-0.4, -0.2) is 21.8 Å². The number of aryl methyl sites for hydroxylation is 2. The number of nitrogens with two attached hydrogens (primary N) is 1. The highest BCUT2D eigenvalue weighted by atomic mass is 32.1. The number of halogens is 1. The molecule has 1 aromatic carbocycles. The van der Waals surface area contributed by atoms with E-state index >= 15 is 0 Å². The molecule has 6 heteroatoms. The molecule has 0 saturated carbocycles. The van der Waals surface area contributed by atoms with E-state index in [1.165, 1.54) is 12.1 Å². The van der Waals surface area contributed by atoms with Gasteiger partial charge in [-0.05, 0) is 25.1 Å². The fourth-order valence-electron chi connectivity index (χ4n) is 2.13. The summed E-state index contributed by atoms with van der Waals surface area (Å²) in [5, 5.41) is 4.32. The van der Waals surface area contributed by atoms with Gasteiger partial charge in [-0.2, -0.15) is 5.10 Å². The van der Waals surface area contributed by atoms with Crippen molar-refractivity contribution in [1.82, 2.24) is 9.78 Å². The van der Waals surface area contributed by atoms with Crippen LogP contribution < -0.4 is 10.6 Å². The monoisotopic (exact) mass is 278 g/mol. The van der Waals surface area contributed by atoms with Crippen molar-refractivity contribution in [2.24, 2.45) is 12.8 Å². The Balaban J connectivity index is 2.55. The molecule has 1 heterocycles. The number of anilines is 2. The molecule has 0 aliphatic heterocycles. The summed E-state index contributed by atoms with van der Waals surface area (Å²) in [5.74, 6) is 0.454. The van der Waals surface area contributed by atoms with Gasteiger partial charge in [0.25, 0.3) is 0 Å². The maximum atomic E-state index is 13.3. The number of rotatable bonds is 3. The molecular weight excluding hydrogens is 263 g/mol. The van der Waals surface area contributed by atoms with Crippen molar-refractivity contribution >= 4 is 28.7 Å². The van der Waals surface area contributed by atoms with Gasteiger partial charge in [0, 0.05) is 19.8 Å². The lowest BCUT2D eigenvalue weighted by molar-refractivity contribution is 0.627. The molecule has 0 radical (unpaired) electrons. The minimum atomic E-state index is -0.292. The highest BCUT2D eigenvalue weighted by molar-refractivity contribution is 7.80. The highest BCUT2D eigenvalue weighted by Crippen LogP contribution is 2.28. The van der Waals surface area contributed by atoms with Gasteiger partial charge in [-0.25, -0.2) is 4.39 Å². The van der Waals surface area contributed by atoms with Gasteiger partial charge in [0.1, 0.15) is 16.6 Å². The standard InChI is InChI=1S/C13H15FN4S/c1-8-11(12(15)19)13(18(3)16-8)17(2)10-6-4-5-9(14)7-10/h4-7H,1-3H3,(H2,15,19). The van der Waals surface area contributed by atoms with E-state index in [1.54, 1.807) is 17.8 Å². The first-order valence-electron chi connectivity index (χ1n) is 5.74. The smallest absolute Gasteiger partial charge is 0.141 e. The third-order valence-electron chi connectivity index (χ3n) is 2.95. The zero-order valence-corrected chi connectivity index (χ0v) is 11.8. The summed E-state index contributed by atoms with van der Waals surface area (Å²) in [6.45, 7) is 1.84. The number of benzene rings is 1. The largest absolute Gasteiger partial charge is 0.389 e. The van der Waals surface area contributed by atoms with E-state index in [1.807, 2.05) is 24.9 Å². The van der Waals surface area contributed by atoms with Gasteiger partial charge in [-0.3, -0.25) is 4.68 Å². The Morgan fingerprint density at radius 3 is 2.74 bits per heavy atom. The molecule has 2 aromatic rings. The van der Waals surface area contributed by atoms with E-state index in [9.17, 15) is 4.39 Å². The molecule has 1 aromatic heterocycles. The SMILES string of the molecule is Cc1nn(C)c(N(C)c2cccc(F)c2)c1C(N)=S. The van der Waals surface area contributed by atoms with E-state index < -0.39 is 0 Å². The van der Waals surface area contributed by atoms with Crippen LogP contribution in [0.5, 0.6) is 0 Å². The molecule has 4 nitrogen and oxygen atoms in total. The molecule has 0 atom stereocenters. The van der Waals surface area contributed by atoms with Gasteiger partial charge in [-0.1, -0.05) is 18.3 Å². The van der Waals surface area contributed by atoms with Crippen molar-refractivity contribution in [2.75, 3.05) is 11.9 Å². The van der Waals surface area contributed by atoms with Crippen LogP contribution in [0.2, 0.25) is 0 Å². The first-order valence-corrected chi connectivity index (χ1v) is 6.15. The molecule has 0 amide bonds. The Morgan fingerprint density at radius 1 is 1.47 bits per heavy atom. The van der Waals surface area contributed by atoms with Crippen LogP contribution in [0, 0.1) is 12.7 Å². The summed E-state index contributed by atoms with van der Waals surface area (Å²) < 4.78 is 15.0. The van der Waals surface area contributed by atoms with Crippen LogP contribution in [0.25, 0.3) is 0 Å². The zero-order valence-electron chi connectivity index (χ0n) is 11.0. The molecular formula is C13H15FN4S. The second-order valence-corrected chi connectivity index (χ2v) is 4.75. The van der Waals surface area contributed by atoms with Gasteiger partial charge in [0.05, 0.1) is 11.3 Å². The second kappa shape index (κ2) is 4.97. The highest BCUT2D eigenvalue weighted by Gasteiger charge is 2.20. The summed E-state index contributed by atoms with van der Waals surface area (Å²) in [6.07, 6.45) is 0. The molecule has 19 heavy (non-hydrogen) atoms. The van der Waals surface area contributed by atoms with Crippen LogP contribution in [0.4, 0.5) is 15.9 Å². The molecule has 0 bridgehead atoms. The summed E-state index contributed by atoms with van der Waals surface area (Å²) in [7, 11) is 3.63. The van der Waals surface area contributed by atoms with Crippen LogP contribution >= 0.6 is 12.2 Å². The summed E-state index contributed by atoms with van der Waals surface area (Å²) >= 11 is 5.07. The molecule has 2 rings (SSSR count).